The Balaban J connectivity index is 1.84. The quantitative estimate of drug-likeness (QED) is 0.580. The van der Waals surface area contributed by atoms with Crippen molar-refractivity contribution in [3.63, 3.8) is 0 Å². The lowest BCUT2D eigenvalue weighted by molar-refractivity contribution is 0.252. The van der Waals surface area contributed by atoms with Crippen LogP contribution >= 0.6 is 22.9 Å². The van der Waals surface area contributed by atoms with E-state index in [1.54, 1.807) is 0 Å². The van der Waals surface area contributed by atoms with E-state index in [0.717, 1.165) is 14.5 Å². The summed E-state index contributed by atoms with van der Waals surface area (Å²) in [5, 5.41) is 6.94. The summed E-state index contributed by atoms with van der Waals surface area (Å²) < 4.78 is 28.7. The number of rotatable bonds is 5. The molecule has 11 heteroatoms. The Hall–Kier alpha value is -2.40. The number of hydrogen-bond donors (Lipinski definition) is 2. The van der Waals surface area contributed by atoms with E-state index in [4.69, 9.17) is 11.6 Å². The van der Waals surface area contributed by atoms with Crippen molar-refractivity contribution in [3.05, 3.63) is 52.3 Å². The number of para-hydroxylation sites is 1. The van der Waals surface area contributed by atoms with Crippen molar-refractivity contribution >= 4 is 54.9 Å². The minimum Gasteiger partial charge on any atom is -0.315 e. The molecule has 2 amide bonds. The summed E-state index contributed by atoms with van der Waals surface area (Å²) in [6.45, 7) is 2.69. The zero-order valence-electron chi connectivity index (χ0n) is 16.0. The fourth-order valence-corrected chi connectivity index (χ4v) is 4.78. The number of carbonyl (C=O) groups is 1. The molecule has 0 aliphatic heterocycles. The normalized spacial score (nSPS) is 12.5. The number of benzene rings is 2. The van der Waals surface area contributed by atoms with Crippen LogP contribution in [0.4, 0.5) is 10.5 Å². The number of urea groups is 1. The summed E-state index contributed by atoms with van der Waals surface area (Å²) in [4.78, 5) is 13.0. The van der Waals surface area contributed by atoms with E-state index >= 15 is 0 Å². The lowest BCUT2D eigenvalue weighted by Gasteiger charge is -2.13. The number of hydrogen-bond acceptors (Lipinski definition) is 5. The highest BCUT2D eigenvalue weighted by Gasteiger charge is 2.19. The van der Waals surface area contributed by atoms with Gasteiger partial charge in [0.1, 0.15) is 0 Å². The van der Waals surface area contributed by atoms with Gasteiger partial charge in [-0.2, -0.15) is 0 Å². The van der Waals surface area contributed by atoms with Gasteiger partial charge in [0.25, 0.3) is 0 Å². The van der Waals surface area contributed by atoms with Crippen LogP contribution in [0, 0.1) is 0 Å². The van der Waals surface area contributed by atoms with Crippen LogP contribution in [0.1, 0.15) is 6.92 Å². The minimum absolute atomic E-state index is 0.0208. The van der Waals surface area contributed by atoms with Gasteiger partial charge >= 0.3 is 6.03 Å². The van der Waals surface area contributed by atoms with E-state index in [1.807, 2.05) is 35.8 Å². The first-order valence-corrected chi connectivity index (χ1v) is 11.3. The van der Waals surface area contributed by atoms with E-state index in [0.29, 0.717) is 11.3 Å². The van der Waals surface area contributed by atoms with Crippen LogP contribution in [0.2, 0.25) is 5.02 Å². The molecule has 0 unspecified atom stereocenters. The molecule has 0 saturated carbocycles. The van der Waals surface area contributed by atoms with Gasteiger partial charge in [-0.1, -0.05) is 35.1 Å². The number of aryl methyl sites for hydroxylation is 1. The van der Waals surface area contributed by atoms with Gasteiger partial charge in [0.05, 0.1) is 25.8 Å². The molecule has 3 rings (SSSR count). The number of thiazole rings is 1. The molecule has 0 saturated heterocycles. The predicted octanol–water partition coefficient (Wildman–Crippen LogP) is 3.26. The number of amides is 2. The number of halogens is 1. The standard InChI is InChI=1S/C18H20ClN5O3S2/c1-4-24-15-7-5-6-8-16(15)28-18(24)22-21-17(25)20-14-11-12(9-10-13(14)19)29(26,27)23(2)3/h5-11H,4H2,1-3H3,(H2,20,21,25)/b22-18+. The second-order valence-electron chi connectivity index (χ2n) is 6.20. The highest BCUT2D eigenvalue weighted by atomic mass is 35.5. The van der Waals surface area contributed by atoms with Crippen molar-refractivity contribution in [2.24, 2.45) is 5.10 Å². The minimum atomic E-state index is -3.65. The molecular weight excluding hydrogens is 434 g/mol. The summed E-state index contributed by atoms with van der Waals surface area (Å²) in [7, 11) is -0.799. The molecule has 0 radical (unpaired) electrons. The topological polar surface area (TPSA) is 95.8 Å². The van der Waals surface area contributed by atoms with Crippen LogP contribution in [0.15, 0.2) is 52.5 Å². The predicted molar refractivity (Wildman–Crippen MR) is 116 cm³/mol. The van der Waals surface area contributed by atoms with Crippen LogP contribution in [0.25, 0.3) is 10.2 Å². The van der Waals surface area contributed by atoms with Gasteiger partial charge in [-0.15, -0.1) is 5.10 Å². The van der Waals surface area contributed by atoms with Crippen LogP contribution in [0.5, 0.6) is 0 Å². The lowest BCUT2D eigenvalue weighted by atomic mass is 10.3. The fourth-order valence-electron chi connectivity index (χ4n) is 2.63. The van der Waals surface area contributed by atoms with Crippen molar-refractivity contribution in [3.8, 4) is 0 Å². The number of carbonyl (C=O) groups excluding carboxylic acids is 1. The number of fused-ring (bicyclic) bond motifs is 1. The van der Waals surface area contributed by atoms with Crippen LogP contribution in [0.3, 0.4) is 0 Å². The van der Waals surface area contributed by atoms with Crippen molar-refractivity contribution in [1.82, 2.24) is 14.3 Å². The average molecular weight is 454 g/mol. The summed E-state index contributed by atoms with van der Waals surface area (Å²) in [5.41, 5.74) is 3.64. The van der Waals surface area contributed by atoms with E-state index in [9.17, 15) is 13.2 Å². The van der Waals surface area contributed by atoms with Crippen LogP contribution < -0.4 is 15.5 Å². The molecule has 3 aromatic rings. The first-order chi connectivity index (χ1) is 13.7. The summed E-state index contributed by atoms with van der Waals surface area (Å²) in [5.74, 6) is 0. The second-order valence-corrected chi connectivity index (χ2v) is 9.77. The molecule has 0 fully saturated rings. The molecule has 1 heterocycles. The van der Waals surface area contributed by atoms with Crippen molar-refractivity contribution < 1.29 is 13.2 Å². The average Bonchev–Trinajstić information content (AvgIpc) is 3.05. The second kappa shape index (κ2) is 8.54. The van der Waals surface area contributed by atoms with E-state index < -0.39 is 16.1 Å². The zero-order chi connectivity index (χ0) is 21.2. The van der Waals surface area contributed by atoms with Gasteiger partial charge in [-0.3, -0.25) is 0 Å². The third-order valence-corrected chi connectivity index (χ3v) is 7.32. The molecule has 2 N–H and O–H groups in total. The Morgan fingerprint density at radius 3 is 2.66 bits per heavy atom. The first kappa shape index (κ1) is 21.3. The summed E-state index contributed by atoms with van der Waals surface area (Å²) in [6.07, 6.45) is 0. The molecule has 29 heavy (non-hydrogen) atoms. The number of anilines is 1. The molecule has 0 spiro atoms. The van der Waals surface area contributed by atoms with Gasteiger partial charge in [-0.25, -0.2) is 22.9 Å². The summed E-state index contributed by atoms with van der Waals surface area (Å²) in [6, 6.07) is 11.3. The van der Waals surface area contributed by atoms with Crippen molar-refractivity contribution in [2.45, 2.75) is 18.4 Å². The first-order valence-electron chi connectivity index (χ1n) is 8.65. The Morgan fingerprint density at radius 2 is 1.97 bits per heavy atom. The Labute approximate surface area is 177 Å². The molecule has 1 aromatic heterocycles. The van der Waals surface area contributed by atoms with Gasteiger partial charge < -0.3 is 9.88 Å². The largest absolute Gasteiger partial charge is 0.339 e. The smallest absolute Gasteiger partial charge is 0.315 e. The van der Waals surface area contributed by atoms with Gasteiger partial charge in [-0.05, 0) is 37.3 Å². The highest BCUT2D eigenvalue weighted by Crippen LogP contribution is 2.26. The third kappa shape index (κ3) is 4.45. The van der Waals surface area contributed by atoms with Crippen molar-refractivity contribution in [2.75, 3.05) is 19.4 Å². The number of aromatic nitrogens is 1. The maximum absolute atomic E-state index is 12.3. The Bertz CT molecular complexity index is 1230. The molecule has 0 bridgehead atoms. The maximum atomic E-state index is 12.3. The SMILES string of the molecule is CCn1/c(=N\NC(=O)Nc2cc(S(=O)(=O)N(C)C)ccc2Cl)sc2ccccc21. The van der Waals surface area contributed by atoms with E-state index in [-0.39, 0.29) is 15.6 Å². The number of nitrogens with zero attached hydrogens (tertiary/aromatic N) is 3. The lowest BCUT2D eigenvalue weighted by Crippen LogP contribution is -2.28. The van der Waals surface area contributed by atoms with Crippen molar-refractivity contribution in [1.29, 1.82) is 0 Å². The Morgan fingerprint density at radius 1 is 1.24 bits per heavy atom. The maximum Gasteiger partial charge on any atom is 0.339 e. The molecule has 0 atom stereocenters. The zero-order valence-corrected chi connectivity index (χ0v) is 18.4. The fraction of sp³-hybridized carbons (Fsp3) is 0.222. The highest BCUT2D eigenvalue weighted by molar-refractivity contribution is 7.89. The third-order valence-electron chi connectivity index (χ3n) is 4.12. The number of nitrogens with one attached hydrogen (secondary N) is 2. The molecule has 154 valence electrons. The molecule has 0 aliphatic carbocycles. The molecule has 2 aromatic carbocycles. The van der Waals surface area contributed by atoms with Crippen LogP contribution in [-0.4, -0.2) is 37.4 Å². The van der Waals surface area contributed by atoms with Gasteiger partial charge in [0, 0.05) is 20.6 Å². The summed E-state index contributed by atoms with van der Waals surface area (Å²) >= 11 is 7.56. The van der Waals surface area contributed by atoms with Gasteiger partial charge in [0.2, 0.25) is 14.8 Å². The number of sulfonamides is 1. The molecule has 0 aliphatic rings. The molecular formula is C18H20ClN5O3S2. The monoisotopic (exact) mass is 453 g/mol. The van der Waals surface area contributed by atoms with Gasteiger partial charge in [0.15, 0.2) is 0 Å². The Kier molecular flexibility index (Phi) is 6.27. The molecule has 8 nitrogen and oxygen atoms in total. The van der Waals surface area contributed by atoms with E-state index in [1.165, 1.54) is 43.6 Å². The van der Waals surface area contributed by atoms with Crippen LogP contribution in [-0.2, 0) is 16.6 Å². The van der Waals surface area contributed by atoms with E-state index in [2.05, 4.69) is 15.8 Å².